The highest BCUT2D eigenvalue weighted by Crippen LogP contribution is 2.31. The number of thiazole rings is 1. The van der Waals surface area contributed by atoms with E-state index in [9.17, 15) is 9.18 Å². The molecule has 1 aromatic carbocycles. The summed E-state index contributed by atoms with van der Waals surface area (Å²) in [4.78, 5) is 15.5. The third-order valence-corrected chi connectivity index (χ3v) is 3.75. The average Bonchev–Trinajstić information content (AvgIpc) is 2.74. The smallest absolute Gasteiger partial charge is 0.351 e. The van der Waals surface area contributed by atoms with Gasteiger partial charge >= 0.3 is 5.97 Å². The Balaban J connectivity index is 2.32. The van der Waals surface area contributed by atoms with Gasteiger partial charge in [0.2, 0.25) is 0 Å². The maximum Gasteiger partial charge on any atom is 0.351 e. The van der Waals surface area contributed by atoms with Crippen LogP contribution in [0.5, 0.6) is 0 Å². The fraction of sp³-hybridized carbons (Fsp3) is 0.167. The standard InChI is InChI=1S/C12H10ClFN2O2S/c1-6-4-3-5-7(14)8(6)15-12-16-10(13)9(19-12)11(17)18-2/h3-5H,1-2H3,(H,15,16). The summed E-state index contributed by atoms with van der Waals surface area (Å²) in [6, 6.07) is 4.72. The molecular weight excluding hydrogens is 291 g/mol. The Morgan fingerprint density at radius 1 is 1.53 bits per heavy atom. The second-order valence-corrected chi connectivity index (χ2v) is 5.04. The molecule has 19 heavy (non-hydrogen) atoms. The molecule has 1 heterocycles. The van der Waals surface area contributed by atoms with Crippen molar-refractivity contribution in [1.29, 1.82) is 0 Å². The van der Waals surface area contributed by atoms with Crippen molar-refractivity contribution in [2.24, 2.45) is 0 Å². The molecule has 4 nitrogen and oxygen atoms in total. The molecule has 0 radical (unpaired) electrons. The quantitative estimate of drug-likeness (QED) is 0.877. The number of anilines is 2. The fourth-order valence-electron chi connectivity index (χ4n) is 1.47. The number of benzene rings is 1. The zero-order valence-electron chi connectivity index (χ0n) is 10.2. The van der Waals surface area contributed by atoms with Crippen molar-refractivity contribution in [2.45, 2.75) is 6.92 Å². The Morgan fingerprint density at radius 3 is 2.89 bits per heavy atom. The number of carbonyl (C=O) groups is 1. The summed E-state index contributed by atoms with van der Waals surface area (Å²) in [5.74, 6) is -0.966. The van der Waals surface area contributed by atoms with Crippen molar-refractivity contribution >= 4 is 39.7 Å². The van der Waals surface area contributed by atoms with Crippen LogP contribution in [-0.2, 0) is 4.74 Å². The largest absolute Gasteiger partial charge is 0.465 e. The Labute approximate surface area is 118 Å². The molecule has 2 rings (SSSR count). The van der Waals surface area contributed by atoms with Gasteiger partial charge in [0.05, 0.1) is 12.8 Å². The lowest BCUT2D eigenvalue weighted by molar-refractivity contribution is 0.0606. The summed E-state index contributed by atoms with van der Waals surface area (Å²) in [6.45, 7) is 1.77. The molecule has 0 unspecified atom stereocenters. The molecular formula is C12H10ClFN2O2S. The minimum Gasteiger partial charge on any atom is -0.465 e. The molecule has 0 aliphatic heterocycles. The van der Waals surface area contributed by atoms with Gasteiger partial charge in [0.15, 0.2) is 15.2 Å². The van der Waals surface area contributed by atoms with E-state index in [1.165, 1.54) is 13.2 Å². The zero-order valence-corrected chi connectivity index (χ0v) is 11.7. The van der Waals surface area contributed by atoms with Crippen molar-refractivity contribution < 1.29 is 13.9 Å². The van der Waals surface area contributed by atoms with E-state index >= 15 is 0 Å². The van der Waals surface area contributed by atoms with Gasteiger partial charge in [0, 0.05) is 0 Å². The number of esters is 1. The number of carbonyl (C=O) groups excluding carboxylic acids is 1. The first-order valence-electron chi connectivity index (χ1n) is 5.29. The number of hydrogen-bond acceptors (Lipinski definition) is 5. The van der Waals surface area contributed by atoms with Gasteiger partial charge in [-0.1, -0.05) is 35.1 Å². The van der Waals surface area contributed by atoms with Crippen LogP contribution in [0.2, 0.25) is 5.15 Å². The van der Waals surface area contributed by atoms with Crippen molar-refractivity contribution in [3.8, 4) is 0 Å². The van der Waals surface area contributed by atoms with Crippen LogP contribution in [0.15, 0.2) is 18.2 Å². The van der Waals surface area contributed by atoms with Gasteiger partial charge in [-0.15, -0.1) is 0 Å². The van der Waals surface area contributed by atoms with Gasteiger partial charge < -0.3 is 10.1 Å². The molecule has 0 aliphatic rings. The van der Waals surface area contributed by atoms with Gasteiger partial charge in [0.1, 0.15) is 5.82 Å². The third kappa shape index (κ3) is 2.85. The van der Waals surface area contributed by atoms with Crippen LogP contribution >= 0.6 is 22.9 Å². The Hall–Kier alpha value is -1.66. The van der Waals surface area contributed by atoms with Crippen molar-refractivity contribution in [3.63, 3.8) is 0 Å². The first-order valence-corrected chi connectivity index (χ1v) is 6.49. The van der Waals surface area contributed by atoms with E-state index in [0.717, 1.165) is 16.9 Å². The van der Waals surface area contributed by atoms with Gasteiger partial charge in [-0.3, -0.25) is 0 Å². The molecule has 0 aliphatic carbocycles. The van der Waals surface area contributed by atoms with Crippen LogP contribution in [0.4, 0.5) is 15.2 Å². The third-order valence-electron chi connectivity index (χ3n) is 2.41. The lowest BCUT2D eigenvalue weighted by Gasteiger charge is -2.07. The second-order valence-electron chi connectivity index (χ2n) is 3.69. The lowest BCUT2D eigenvalue weighted by atomic mass is 10.2. The highest BCUT2D eigenvalue weighted by atomic mass is 35.5. The second kappa shape index (κ2) is 5.54. The Morgan fingerprint density at radius 2 is 2.26 bits per heavy atom. The number of hydrogen-bond donors (Lipinski definition) is 1. The number of halogens is 2. The molecule has 7 heteroatoms. The van der Waals surface area contributed by atoms with E-state index in [1.807, 2.05) is 0 Å². The van der Waals surface area contributed by atoms with Crippen LogP contribution in [0.25, 0.3) is 0 Å². The number of methoxy groups -OCH3 is 1. The summed E-state index contributed by atoms with van der Waals surface area (Å²) in [5.41, 5.74) is 1.04. The SMILES string of the molecule is COC(=O)c1sc(Nc2c(C)cccc2F)nc1Cl. The van der Waals surface area contributed by atoms with Crippen molar-refractivity contribution in [1.82, 2.24) is 4.98 Å². The molecule has 2 aromatic rings. The number of nitrogens with zero attached hydrogens (tertiary/aromatic N) is 1. The van der Waals surface area contributed by atoms with E-state index in [0.29, 0.717) is 10.8 Å². The molecule has 0 atom stereocenters. The van der Waals surface area contributed by atoms with E-state index in [2.05, 4.69) is 15.0 Å². The Bertz CT molecular complexity index is 610. The molecule has 0 saturated heterocycles. The summed E-state index contributed by atoms with van der Waals surface area (Å²) in [5, 5.41) is 3.19. The number of para-hydroxylation sites is 1. The maximum absolute atomic E-state index is 13.7. The normalized spacial score (nSPS) is 10.3. The first kappa shape index (κ1) is 13.8. The number of nitrogens with one attached hydrogen (secondary N) is 1. The maximum atomic E-state index is 13.7. The molecule has 1 N–H and O–H groups in total. The minimum atomic E-state index is -0.569. The van der Waals surface area contributed by atoms with Gasteiger partial charge in [-0.2, -0.15) is 0 Å². The summed E-state index contributed by atoms with van der Waals surface area (Å²) in [6.07, 6.45) is 0. The molecule has 1 aromatic heterocycles. The van der Waals surface area contributed by atoms with Crippen molar-refractivity contribution in [3.05, 3.63) is 39.6 Å². The van der Waals surface area contributed by atoms with Crippen LogP contribution in [0, 0.1) is 12.7 Å². The van der Waals surface area contributed by atoms with Gasteiger partial charge in [-0.05, 0) is 18.6 Å². The number of ether oxygens (including phenoxy) is 1. The molecule has 0 fully saturated rings. The summed E-state index contributed by atoms with van der Waals surface area (Å²) in [7, 11) is 1.26. The topological polar surface area (TPSA) is 51.2 Å². The number of aryl methyl sites for hydroxylation is 1. The predicted molar refractivity (Wildman–Crippen MR) is 72.9 cm³/mol. The lowest BCUT2D eigenvalue weighted by Crippen LogP contribution is -1.98. The van der Waals surface area contributed by atoms with Gasteiger partial charge in [-0.25, -0.2) is 14.2 Å². The van der Waals surface area contributed by atoms with Crippen LogP contribution in [-0.4, -0.2) is 18.1 Å². The van der Waals surface area contributed by atoms with E-state index in [-0.39, 0.29) is 10.0 Å². The zero-order chi connectivity index (χ0) is 14.0. The summed E-state index contributed by atoms with van der Waals surface area (Å²) >= 11 is 6.84. The summed E-state index contributed by atoms with van der Waals surface area (Å²) < 4.78 is 18.2. The van der Waals surface area contributed by atoms with E-state index in [1.54, 1.807) is 19.1 Å². The Kier molecular flexibility index (Phi) is 4.01. The van der Waals surface area contributed by atoms with Crippen LogP contribution in [0.3, 0.4) is 0 Å². The number of rotatable bonds is 3. The number of aromatic nitrogens is 1. The van der Waals surface area contributed by atoms with E-state index < -0.39 is 11.8 Å². The van der Waals surface area contributed by atoms with E-state index in [4.69, 9.17) is 11.6 Å². The monoisotopic (exact) mass is 300 g/mol. The minimum absolute atomic E-state index is 0.0355. The molecule has 0 bridgehead atoms. The molecule has 100 valence electrons. The van der Waals surface area contributed by atoms with Crippen LogP contribution in [0.1, 0.15) is 15.2 Å². The first-order chi connectivity index (χ1) is 9.02. The van der Waals surface area contributed by atoms with Crippen molar-refractivity contribution in [2.75, 3.05) is 12.4 Å². The molecule has 0 saturated carbocycles. The fourth-order valence-corrected chi connectivity index (χ4v) is 2.58. The average molecular weight is 301 g/mol. The highest BCUT2D eigenvalue weighted by Gasteiger charge is 2.18. The van der Waals surface area contributed by atoms with Gasteiger partial charge in [0.25, 0.3) is 0 Å². The molecule has 0 spiro atoms. The predicted octanol–water partition coefficient (Wildman–Crippen LogP) is 3.77. The van der Waals surface area contributed by atoms with Crippen LogP contribution < -0.4 is 5.32 Å². The molecule has 0 amide bonds. The highest BCUT2D eigenvalue weighted by molar-refractivity contribution is 7.18.